The smallest absolute Gasteiger partial charge is 0.372 e. The number of rotatable bonds is 6. The number of hydrogen-bond donors (Lipinski definition) is 1. The van der Waals surface area contributed by atoms with E-state index in [1.807, 2.05) is 23.9 Å². The van der Waals surface area contributed by atoms with Gasteiger partial charge in [0.15, 0.2) is 0 Å². The first-order valence-electron chi connectivity index (χ1n) is 7.71. The number of nitrogens with one attached hydrogen (secondary N) is 1. The molecule has 1 aromatic carbocycles. The molecule has 0 radical (unpaired) electrons. The maximum absolute atomic E-state index is 13.1. The summed E-state index contributed by atoms with van der Waals surface area (Å²) in [7, 11) is 5.61. The third kappa shape index (κ3) is 5.46. The lowest BCUT2D eigenvalue weighted by molar-refractivity contribution is -0.137. The highest BCUT2D eigenvalue weighted by Crippen LogP contribution is 2.35. The summed E-state index contributed by atoms with van der Waals surface area (Å²) in [5.41, 5.74) is -0.135. The Balaban J connectivity index is 2.33. The van der Waals surface area contributed by atoms with E-state index >= 15 is 0 Å². The second-order valence-electron chi connectivity index (χ2n) is 6.01. The van der Waals surface area contributed by atoms with Crippen LogP contribution in [0.15, 0.2) is 34.1 Å². The van der Waals surface area contributed by atoms with Gasteiger partial charge in [-0.2, -0.15) is 13.2 Å². The maximum atomic E-state index is 13.1. The minimum Gasteiger partial charge on any atom is -0.372 e. The number of carbonyl (C=O) groups is 1. The van der Waals surface area contributed by atoms with Crippen molar-refractivity contribution in [3.63, 3.8) is 0 Å². The van der Waals surface area contributed by atoms with Crippen LogP contribution >= 0.6 is 27.3 Å². The quantitative estimate of drug-likeness (QED) is 0.688. The van der Waals surface area contributed by atoms with Gasteiger partial charge in [0, 0.05) is 20.1 Å². The van der Waals surface area contributed by atoms with E-state index in [0.29, 0.717) is 17.1 Å². The van der Waals surface area contributed by atoms with E-state index < -0.39 is 17.6 Å². The van der Waals surface area contributed by atoms with Gasteiger partial charge in [-0.25, -0.2) is 0 Å². The Kier molecular flexibility index (Phi) is 6.70. The molecule has 0 aliphatic rings. The number of hydrogen-bond acceptors (Lipinski definition) is 4. The highest BCUT2D eigenvalue weighted by Gasteiger charge is 2.31. The van der Waals surface area contributed by atoms with Crippen molar-refractivity contribution in [3.05, 3.63) is 44.6 Å². The van der Waals surface area contributed by atoms with Crippen LogP contribution in [0.5, 0.6) is 0 Å². The molecule has 9 heteroatoms. The van der Waals surface area contributed by atoms with Crippen LogP contribution in [-0.4, -0.2) is 45.0 Å². The van der Waals surface area contributed by atoms with Crippen LogP contribution in [0, 0.1) is 0 Å². The number of benzene rings is 1. The molecular formula is C17H19BrF3N3OS. The second kappa shape index (κ2) is 8.41. The molecule has 0 saturated heterocycles. The number of carbonyl (C=O) groups excluding carboxylic acids is 1. The van der Waals surface area contributed by atoms with E-state index in [1.54, 1.807) is 19.2 Å². The molecule has 0 saturated carbocycles. The van der Waals surface area contributed by atoms with Crippen LogP contribution in [0.3, 0.4) is 0 Å². The zero-order chi connectivity index (χ0) is 19.5. The average Bonchev–Trinajstić information content (AvgIpc) is 2.98. The van der Waals surface area contributed by atoms with Gasteiger partial charge in [0.25, 0.3) is 5.91 Å². The Morgan fingerprint density at radius 1 is 1.15 bits per heavy atom. The van der Waals surface area contributed by atoms with Crippen LogP contribution in [0.2, 0.25) is 0 Å². The molecule has 26 heavy (non-hydrogen) atoms. The van der Waals surface area contributed by atoms with Gasteiger partial charge in [0.2, 0.25) is 0 Å². The molecule has 0 spiro atoms. The molecule has 1 aromatic heterocycles. The fraction of sp³-hybridized carbons (Fsp3) is 0.353. The molecule has 1 N–H and O–H groups in total. The third-order valence-corrected chi connectivity index (χ3v) is 5.29. The lowest BCUT2D eigenvalue weighted by Crippen LogP contribution is -2.29. The fourth-order valence-electron chi connectivity index (χ4n) is 2.24. The van der Waals surface area contributed by atoms with Crippen LogP contribution in [0.1, 0.15) is 15.2 Å². The van der Waals surface area contributed by atoms with Crippen molar-refractivity contribution in [2.75, 3.05) is 44.4 Å². The monoisotopic (exact) mass is 449 g/mol. The Bertz CT molecular complexity index is 777. The number of halogens is 4. The number of nitrogens with zero attached hydrogens (tertiary/aromatic N) is 2. The summed E-state index contributed by atoms with van der Waals surface area (Å²) in [5, 5.41) is 2.62. The predicted molar refractivity (Wildman–Crippen MR) is 103 cm³/mol. The lowest BCUT2D eigenvalue weighted by Gasteiger charge is -2.25. The largest absolute Gasteiger partial charge is 0.416 e. The van der Waals surface area contributed by atoms with Gasteiger partial charge < -0.3 is 15.1 Å². The van der Waals surface area contributed by atoms with Crippen LogP contribution in [0.25, 0.3) is 0 Å². The summed E-state index contributed by atoms with van der Waals surface area (Å²) in [5.74, 6) is -0.442. The highest BCUT2D eigenvalue weighted by molar-refractivity contribution is 9.11. The van der Waals surface area contributed by atoms with Crippen molar-refractivity contribution in [3.8, 4) is 0 Å². The van der Waals surface area contributed by atoms with Crippen molar-refractivity contribution in [2.45, 2.75) is 6.18 Å². The standard InChI is InChI=1S/C17H19BrF3N3OS/c1-23(2)8-9-24(3)13-5-4-11(17(19,20)21)10-12(13)22-16(25)14-6-7-15(18)26-14/h4-7,10H,8-9H2,1-3H3,(H,22,25). The summed E-state index contributed by atoms with van der Waals surface area (Å²) in [6.07, 6.45) is -4.48. The number of anilines is 2. The molecule has 0 bridgehead atoms. The van der Waals surface area contributed by atoms with E-state index in [1.165, 1.54) is 17.4 Å². The van der Waals surface area contributed by atoms with Gasteiger partial charge in [0.1, 0.15) is 0 Å². The number of alkyl halides is 3. The van der Waals surface area contributed by atoms with E-state index in [0.717, 1.165) is 22.5 Å². The van der Waals surface area contributed by atoms with Crippen molar-refractivity contribution < 1.29 is 18.0 Å². The number of likely N-dealkylation sites (N-methyl/N-ethyl adjacent to an activating group) is 2. The number of thiophene rings is 1. The van der Waals surface area contributed by atoms with Gasteiger partial charge in [-0.15, -0.1) is 11.3 Å². The van der Waals surface area contributed by atoms with Crippen LogP contribution in [0.4, 0.5) is 24.5 Å². The molecule has 0 aliphatic carbocycles. The molecule has 4 nitrogen and oxygen atoms in total. The van der Waals surface area contributed by atoms with E-state index in [9.17, 15) is 18.0 Å². The molecule has 1 amide bonds. The van der Waals surface area contributed by atoms with Crippen molar-refractivity contribution >= 4 is 44.5 Å². The van der Waals surface area contributed by atoms with Gasteiger partial charge in [-0.05, 0) is 60.4 Å². The van der Waals surface area contributed by atoms with E-state index in [4.69, 9.17) is 0 Å². The van der Waals surface area contributed by atoms with E-state index in [-0.39, 0.29) is 5.69 Å². The zero-order valence-corrected chi connectivity index (χ0v) is 16.9. The molecular weight excluding hydrogens is 431 g/mol. The molecule has 142 valence electrons. The predicted octanol–water partition coefficient (Wildman–Crippen LogP) is 4.78. The maximum Gasteiger partial charge on any atom is 0.416 e. The summed E-state index contributed by atoms with van der Waals surface area (Å²) in [4.78, 5) is 16.6. The number of amides is 1. The Labute approximate surface area is 162 Å². The zero-order valence-electron chi connectivity index (χ0n) is 14.5. The summed E-state index contributed by atoms with van der Waals surface area (Å²) in [6.45, 7) is 1.33. The first-order valence-corrected chi connectivity index (χ1v) is 9.32. The minimum absolute atomic E-state index is 0.135. The Hall–Kier alpha value is -1.58. The van der Waals surface area contributed by atoms with Crippen molar-refractivity contribution in [1.29, 1.82) is 0 Å². The van der Waals surface area contributed by atoms with E-state index in [2.05, 4.69) is 21.2 Å². The minimum atomic E-state index is -4.48. The fourth-order valence-corrected chi connectivity index (χ4v) is 3.52. The summed E-state index contributed by atoms with van der Waals surface area (Å²) < 4.78 is 40.0. The highest BCUT2D eigenvalue weighted by atomic mass is 79.9. The molecule has 0 fully saturated rings. The average molecular weight is 450 g/mol. The molecule has 2 aromatic rings. The second-order valence-corrected chi connectivity index (χ2v) is 8.48. The van der Waals surface area contributed by atoms with Crippen molar-refractivity contribution in [1.82, 2.24) is 4.90 Å². The summed E-state index contributed by atoms with van der Waals surface area (Å²) in [6, 6.07) is 6.72. The topological polar surface area (TPSA) is 35.6 Å². The first-order chi connectivity index (χ1) is 12.1. The molecule has 1 heterocycles. The van der Waals surface area contributed by atoms with Crippen molar-refractivity contribution in [2.24, 2.45) is 0 Å². The molecule has 0 unspecified atom stereocenters. The van der Waals surface area contributed by atoms with Gasteiger partial charge >= 0.3 is 6.18 Å². The van der Waals surface area contributed by atoms with Gasteiger partial charge in [-0.3, -0.25) is 4.79 Å². The first kappa shape index (κ1) is 20.7. The Morgan fingerprint density at radius 2 is 1.85 bits per heavy atom. The van der Waals surface area contributed by atoms with Crippen LogP contribution < -0.4 is 10.2 Å². The SMILES string of the molecule is CN(C)CCN(C)c1ccc(C(F)(F)F)cc1NC(=O)c1ccc(Br)s1. The normalized spacial score (nSPS) is 11.7. The third-order valence-electron chi connectivity index (χ3n) is 3.66. The molecule has 0 atom stereocenters. The Morgan fingerprint density at radius 3 is 2.38 bits per heavy atom. The summed E-state index contributed by atoms with van der Waals surface area (Å²) >= 11 is 4.49. The molecule has 0 aliphatic heterocycles. The van der Waals surface area contributed by atoms with Gasteiger partial charge in [-0.1, -0.05) is 0 Å². The van der Waals surface area contributed by atoms with Crippen LogP contribution in [-0.2, 0) is 6.18 Å². The molecule has 2 rings (SSSR count). The van der Waals surface area contributed by atoms with Gasteiger partial charge in [0.05, 0.1) is 25.6 Å². The lowest BCUT2D eigenvalue weighted by atomic mass is 10.1.